The molecule has 3 heteroatoms. The lowest BCUT2D eigenvalue weighted by Gasteiger charge is -2.30. The summed E-state index contributed by atoms with van der Waals surface area (Å²) in [5.41, 5.74) is -1.53. The lowest BCUT2D eigenvalue weighted by molar-refractivity contribution is -0.0409. The normalized spacial score (nSPS) is 14.9. The van der Waals surface area contributed by atoms with Crippen LogP contribution in [0.25, 0.3) is 0 Å². The van der Waals surface area contributed by atoms with Crippen LogP contribution in [-0.2, 0) is 0 Å². The predicted octanol–water partition coefficient (Wildman–Crippen LogP) is 4.96. The van der Waals surface area contributed by atoms with Crippen LogP contribution in [0.3, 0.4) is 0 Å². The fourth-order valence-electron chi connectivity index (χ4n) is 3.41. The Balaban J connectivity index is 3.30. The van der Waals surface area contributed by atoms with Gasteiger partial charge in [-0.05, 0) is 33.6 Å². The highest BCUT2D eigenvalue weighted by atomic mass is 16.3. The number of hydrogen-bond donors (Lipinski definition) is 3. The average Bonchev–Trinajstić information content (AvgIpc) is 2.41. The van der Waals surface area contributed by atoms with Crippen LogP contribution in [0.4, 0.5) is 0 Å². The van der Waals surface area contributed by atoms with Gasteiger partial charge in [-0.2, -0.15) is 0 Å². The number of unbranched alkanes of at least 4 members (excludes halogenated alkanes) is 11. The molecule has 1 unspecified atom stereocenters. The minimum atomic E-state index is -0.790. The number of aliphatic hydroxyl groups excluding tert-OH is 1. The summed E-state index contributed by atoms with van der Waals surface area (Å²) in [6.07, 6.45) is 16.1. The van der Waals surface area contributed by atoms with Gasteiger partial charge in [0, 0.05) is 13.0 Å². The van der Waals surface area contributed by atoms with Crippen molar-refractivity contribution in [2.75, 3.05) is 6.61 Å². The molecule has 0 heterocycles. The molecular weight excluding hydrogens is 288 g/mol. The van der Waals surface area contributed by atoms with Gasteiger partial charge in [0.2, 0.25) is 0 Å². The summed E-state index contributed by atoms with van der Waals surface area (Å²) >= 11 is 0. The fraction of sp³-hybridized carbons (Fsp3) is 1.00. The standard InChI is InChI=1S/C20H42O3/c1-19(2,22)18-20(3,23)16-14-12-10-8-6-4-5-7-9-11-13-15-17-21/h21-23H,4-18H2,1-3H3. The van der Waals surface area contributed by atoms with Gasteiger partial charge in [-0.1, -0.05) is 70.6 Å². The van der Waals surface area contributed by atoms with E-state index in [-0.39, 0.29) is 0 Å². The van der Waals surface area contributed by atoms with Crippen LogP contribution in [0.1, 0.15) is 111 Å². The quantitative estimate of drug-likeness (QED) is 0.350. The van der Waals surface area contributed by atoms with Crippen molar-refractivity contribution < 1.29 is 15.3 Å². The van der Waals surface area contributed by atoms with E-state index < -0.39 is 11.2 Å². The van der Waals surface area contributed by atoms with E-state index in [1.807, 2.05) is 6.92 Å². The summed E-state index contributed by atoms with van der Waals surface area (Å²) in [5.74, 6) is 0. The second-order valence-electron chi connectivity index (χ2n) is 8.20. The molecule has 0 aliphatic rings. The molecule has 23 heavy (non-hydrogen) atoms. The first kappa shape index (κ1) is 22.9. The largest absolute Gasteiger partial charge is 0.396 e. The first-order valence-electron chi connectivity index (χ1n) is 9.82. The highest BCUT2D eigenvalue weighted by molar-refractivity contribution is 4.81. The zero-order valence-corrected chi connectivity index (χ0v) is 15.9. The fourth-order valence-corrected chi connectivity index (χ4v) is 3.41. The van der Waals surface area contributed by atoms with Gasteiger partial charge in [0.25, 0.3) is 0 Å². The van der Waals surface area contributed by atoms with Crippen molar-refractivity contribution in [3.05, 3.63) is 0 Å². The van der Waals surface area contributed by atoms with Crippen molar-refractivity contribution in [2.45, 2.75) is 122 Å². The monoisotopic (exact) mass is 330 g/mol. The average molecular weight is 331 g/mol. The molecule has 0 rings (SSSR count). The molecular formula is C20H42O3. The Morgan fingerprint density at radius 2 is 0.913 bits per heavy atom. The van der Waals surface area contributed by atoms with Gasteiger partial charge in [0.15, 0.2) is 0 Å². The minimum Gasteiger partial charge on any atom is -0.396 e. The molecule has 1 atom stereocenters. The zero-order valence-electron chi connectivity index (χ0n) is 15.9. The van der Waals surface area contributed by atoms with Crippen molar-refractivity contribution >= 4 is 0 Å². The molecule has 3 N–H and O–H groups in total. The lowest BCUT2D eigenvalue weighted by atomic mass is 9.87. The van der Waals surface area contributed by atoms with E-state index >= 15 is 0 Å². The molecule has 3 nitrogen and oxygen atoms in total. The molecule has 0 spiro atoms. The Bertz CT molecular complexity index is 256. The van der Waals surface area contributed by atoms with Crippen molar-refractivity contribution in [3.8, 4) is 0 Å². The summed E-state index contributed by atoms with van der Waals surface area (Å²) in [4.78, 5) is 0. The third-order valence-corrected chi connectivity index (χ3v) is 4.44. The topological polar surface area (TPSA) is 60.7 Å². The lowest BCUT2D eigenvalue weighted by Crippen LogP contribution is -2.35. The third-order valence-electron chi connectivity index (χ3n) is 4.44. The Hall–Kier alpha value is -0.120. The first-order chi connectivity index (χ1) is 10.8. The minimum absolute atomic E-state index is 0.340. The van der Waals surface area contributed by atoms with Gasteiger partial charge < -0.3 is 15.3 Å². The highest BCUT2D eigenvalue weighted by Crippen LogP contribution is 2.25. The van der Waals surface area contributed by atoms with Gasteiger partial charge >= 0.3 is 0 Å². The molecule has 0 radical (unpaired) electrons. The zero-order chi connectivity index (χ0) is 17.6. The maximum Gasteiger partial charge on any atom is 0.0646 e. The van der Waals surface area contributed by atoms with Crippen molar-refractivity contribution in [1.82, 2.24) is 0 Å². The molecule has 0 saturated heterocycles. The Morgan fingerprint density at radius 1 is 0.565 bits per heavy atom. The molecule has 0 bridgehead atoms. The second kappa shape index (κ2) is 13.2. The Kier molecular flexibility index (Phi) is 13.1. The van der Waals surface area contributed by atoms with Gasteiger partial charge in [-0.15, -0.1) is 0 Å². The molecule has 140 valence electrons. The maximum absolute atomic E-state index is 10.3. The van der Waals surface area contributed by atoms with Gasteiger partial charge in [0.1, 0.15) is 0 Å². The number of aliphatic hydroxyl groups is 3. The van der Waals surface area contributed by atoms with Crippen molar-refractivity contribution in [3.63, 3.8) is 0 Å². The Labute approximate surface area is 144 Å². The van der Waals surface area contributed by atoms with Gasteiger partial charge in [-0.3, -0.25) is 0 Å². The second-order valence-corrected chi connectivity index (χ2v) is 8.20. The molecule has 0 aromatic heterocycles. The van der Waals surface area contributed by atoms with E-state index in [1.165, 1.54) is 64.2 Å². The van der Waals surface area contributed by atoms with Crippen molar-refractivity contribution in [1.29, 1.82) is 0 Å². The van der Waals surface area contributed by atoms with Crippen LogP contribution in [0.15, 0.2) is 0 Å². The molecule has 0 aliphatic heterocycles. The molecule has 0 aromatic rings. The van der Waals surface area contributed by atoms with E-state index in [1.54, 1.807) is 13.8 Å². The third kappa shape index (κ3) is 18.1. The number of rotatable bonds is 16. The van der Waals surface area contributed by atoms with Crippen molar-refractivity contribution in [2.24, 2.45) is 0 Å². The predicted molar refractivity (Wildman–Crippen MR) is 98.6 cm³/mol. The van der Waals surface area contributed by atoms with Gasteiger partial charge in [-0.25, -0.2) is 0 Å². The SMILES string of the molecule is CC(C)(O)CC(C)(O)CCCCCCCCCCCCCCO. The summed E-state index contributed by atoms with van der Waals surface area (Å²) in [6, 6.07) is 0. The summed E-state index contributed by atoms with van der Waals surface area (Å²) < 4.78 is 0. The molecule has 0 aromatic carbocycles. The van der Waals surface area contributed by atoms with Crippen LogP contribution in [0, 0.1) is 0 Å². The highest BCUT2D eigenvalue weighted by Gasteiger charge is 2.28. The molecule has 0 saturated carbocycles. The van der Waals surface area contributed by atoms with E-state index in [0.29, 0.717) is 13.0 Å². The van der Waals surface area contributed by atoms with Crippen LogP contribution in [0.5, 0.6) is 0 Å². The van der Waals surface area contributed by atoms with E-state index in [4.69, 9.17) is 5.11 Å². The van der Waals surface area contributed by atoms with E-state index in [0.717, 1.165) is 19.3 Å². The van der Waals surface area contributed by atoms with E-state index in [2.05, 4.69) is 0 Å². The Morgan fingerprint density at radius 3 is 1.26 bits per heavy atom. The van der Waals surface area contributed by atoms with E-state index in [9.17, 15) is 10.2 Å². The van der Waals surface area contributed by atoms with Crippen LogP contribution in [0.2, 0.25) is 0 Å². The van der Waals surface area contributed by atoms with Crippen LogP contribution < -0.4 is 0 Å². The van der Waals surface area contributed by atoms with Crippen LogP contribution >= 0.6 is 0 Å². The van der Waals surface area contributed by atoms with Gasteiger partial charge in [0.05, 0.1) is 11.2 Å². The number of hydrogen-bond acceptors (Lipinski definition) is 3. The maximum atomic E-state index is 10.3. The summed E-state index contributed by atoms with van der Waals surface area (Å²) in [5, 5.41) is 28.7. The smallest absolute Gasteiger partial charge is 0.0646 e. The summed E-state index contributed by atoms with van der Waals surface area (Å²) in [6.45, 7) is 5.70. The molecule has 0 fully saturated rings. The summed E-state index contributed by atoms with van der Waals surface area (Å²) in [7, 11) is 0. The first-order valence-corrected chi connectivity index (χ1v) is 9.82. The molecule has 0 amide bonds. The van der Waals surface area contributed by atoms with Crippen LogP contribution in [-0.4, -0.2) is 33.1 Å². The molecule has 0 aliphatic carbocycles.